The summed E-state index contributed by atoms with van der Waals surface area (Å²) in [4.78, 5) is 42.3. The summed E-state index contributed by atoms with van der Waals surface area (Å²) in [5, 5.41) is 6.27. The highest BCUT2D eigenvalue weighted by Crippen LogP contribution is 2.14. The maximum Gasteiger partial charge on any atom is 0.408 e. The summed E-state index contributed by atoms with van der Waals surface area (Å²) in [7, 11) is 1.26. The molecule has 0 spiro atoms. The Morgan fingerprint density at radius 2 is 1.62 bits per heavy atom. The van der Waals surface area contributed by atoms with Crippen LogP contribution in [0.5, 0.6) is 0 Å². The van der Waals surface area contributed by atoms with Gasteiger partial charge in [0.25, 0.3) is 0 Å². The molecule has 0 saturated heterocycles. The number of ether oxygens (including phenoxy) is 2. The number of amides is 2. The number of esters is 1. The highest BCUT2D eigenvalue weighted by Gasteiger charge is 2.30. The molecule has 2 amide bonds. The number of hydrogen-bond acceptors (Lipinski definition) is 6. The molecule has 2 aromatic carbocycles. The first-order valence-electron chi connectivity index (χ1n) is 11.1. The number of fused-ring (bicyclic) bond motifs is 1. The molecule has 0 fully saturated rings. The summed E-state index contributed by atoms with van der Waals surface area (Å²) >= 11 is 0. The molecule has 0 unspecified atom stereocenters. The topological polar surface area (TPSA) is 107 Å². The zero-order valence-electron chi connectivity index (χ0n) is 19.5. The van der Waals surface area contributed by atoms with Crippen LogP contribution in [0.4, 0.5) is 4.79 Å². The molecule has 178 valence electrons. The first-order valence-corrected chi connectivity index (χ1v) is 11.1. The molecule has 2 atom stereocenters. The van der Waals surface area contributed by atoms with Crippen molar-refractivity contribution in [2.24, 2.45) is 5.92 Å². The van der Waals surface area contributed by atoms with E-state index in [2.05, 4.69) is 15.6 Å². The molecule has 3 aromatic rings. The molecule has 0 bridgehead atoms. The van der Waals surface area contributed by atoms with Gasteiger partial charge in [-0.3, -0.25) is 9.78 Å². The Bertz CT molecular complexity index is 1130. The Morgan fingerprint density at radius 1 is 0.912 bits per heavy atom. The van der Waals surface area contributed by atoms with E-state index in [1.165, 1.54) is 7.11 Å². The number of carbonyl (C=O) groups is 3. The number of pyridine rings is 1. The minimum atomic E-state index is -0.963. The van der Waals surface area contributed by atoms with Crippen molar-refractivity contribution in [3.05, 3.63) is 78.0 Å². The van der Waals surface area contributed by atoms with Gasteiger partial charge in [-0.1, -0.05) is 68.4 Å². The van der Waals surface area contributed by atoms with Crippen LogP contribution in [0.2, 0.25) is 0 Å². The van der Waals surface area contributed by atoms with Gasteiger partial charge in [0.15, 0.2) is 0 Å². The molecule has 1 aromatic heterocycles. The van der Waals surface area contributed by atoms with Crippen molar-refractivity contribution in [3.63, 3.8) is 0 Å². The molecule has 8 nitrogen and oxygen atoms in total. The monoisotopic (exact) mass is 463 g/mol. The number of rotatable bonds is 9. The molecule has 3 rings (SSSR count). The standard InChI is InChI=1S/C26H29N3O5/c1-17(2)23(29-26(32)34-16-18-9-5-4-6-10-18)24(30)28-22(25(31)33-3)15-20-14-13-19-11-7-8-12-21(19)27-20/h4-14,17,22-23H,15-16H2,1-3H3,(H,28,30)(H,29,32)/t22-,23+/m0/s1. The zero-order chi connectivity index (χ0) is 24.5. The lowest BCUT2D eigenvalue weighted by Crippen LogP contribution is -2.54. The number of methoxy groups -OCH3 is 1. The Morgan fingerprint density at radius 3 is 2.32 bits per heavy atom. The number of nitrogens with zero attached hydrogens (tertiary/aromatic N) is 1. The van der Waals surface area contributed by atoms with E-state index in [4.69, 9.17) is 9.47 Å². The number of alkyl carbamates (subject to hydrolysis) is 1. The van der Waals surface area contributed by atoms with Crippen LogP contribution in [0, 0.1) is 5.92 Å². The molecule has 1 heterocycles. The van der Waals surface area contributed by atoms with Gasteiger partial charge in [-0.2, -0.15) is 0 Å². The fourth-order valence-corrected chi connectivity index (χ4v) is 3.45. The highest BCUT2D eigenvalue weighted by atomic mass is 16.5. The minimum Gasteiger partial charge on any atom is -0.467 e. The Kier molecular flexibility index (Phi) is 8.56. The average Bonchev–Trinajstić information content (AvgIpc) is 2.85. The number of para-hydroxylation sites is 1. The van der Waals surface area contributed by atoms with Gasteiger partial charge >= 0.3 is 12.1 Å². The van der Waals surface area contributed by atoms with E-state index in [9.17, 15) is 14.4 Å². The number of hydrogen-bond donors (Lipinski definition) is 2. The lowest BCUT2D eigenvalue weighted by atomic mass is 10.0. The number of carbonyl (C=O) groups excluding carboxylic acids is 3. The second-order valence-electron chi connectivity index (χ2n) is 8.21. The van der Waals surface area contributed by atoms with Gasteiger partial charge in [0.1, 0.15) is 18.7 Å². The third kappa shape index (κ3) is 6.78. The molecule has 0 aliphatic rings. The SMILES string of the molecule is COC(=O)[C@H](Cc1ccc2ccccc2n1)NC(=O)[C@H](NC(=O)OCc1ccccc1)C(C)C. The molecular weight excluding hydrogens is 434 g/mol. The summed E-state index contributed by atoms with van der Waals surface area (Å²) in [6.45, 7) is 3.66. The van der Waals surface area contributed by atoms with Gasteiger partial charge in [0.2, 0.25) is 5.91 Å². The molecule has 2 N–H and O–H groups in total. The van der Waals surface area contributed by atoms with Gasteiger partial charge in [-0.15, -0.1) is 0 Å². The van der Waals surface area contributed by atoms with E-state index in [1.54, 1.807) is 13.8 Å². The van der Waals surface area contributed by atoms with Crippen LogP contribution < -0.4 is 10.6 Å². The number of aromatic nitrogens is 1. The predicted octanol–water partition coefficient (Wildman–Crippen LogP) is 3.39. The molecular formula is C26H29N3O5. The second-order valence-corrected chi connectivity index (χ2v) is 8.21. The quantitative estimate of drug-likeness (QED) is 0.471. The summed E-state index contributed by atoms with van der Waals surface area (Å²) in [5.74, 6) is -1.36. The van der Waals surface area contributed by atoms with Crippen LogP contribution in [-0.4, -0.2) is 42.1 Å². The summed E-state index contributed by atoms with van der Waals surface area (Å²) < 4.78 is 10.1. The lowest BCUT2D eigenvalue weighted by Gasteiger charge is -2.24. The van der Waals surface area contributed by atoms with Crippen molar-refractivity contribution >= 4 is 28.9 Å². The summed E-state index contributed by atoms with van der Waals surface area (Å²) in [5.41, 5.74) is 2.25. The van der Waals surface area contributed by atoms with Crippen molar-refractivity contribution in [2.45, 2.75) is 39.0 Å². The van der Waals surface area contributed by atoms with E-state index in [0.717, 1.165) is 16.5 Å². The summed E-state index contributed by atoms with van der Waals surface area (Å²) in [6.07, 6.45) is -0.574. The molecule has 34 heavy (non-hydrogen) atoms. The zero-order valence-corrected chi connectivity index (χ0v) is 19.5. The maximum absolute atomic E-state index is 13.0. The third-order valence-corrected chi connectivity index (χ3v) is 5.31. The van der Waals surface area contributed by atoms with Gasteiger partial charge < -0.3 is 20.1 Å². The van der Waals surface area contributed by atoms with Gasteiger partial charge in [-0.05, 0) is 23.6 Å². The van der Waals surface area contributed by atoms with Gasteiger partial charge in [-0.25, -0.2) is 9.59 Å². The molecule has 0 aliphatic heterocycles. The normalized spacial score (nSPS) is 12.6. The van der Waals surface area contributed by atoms with Crippen molar-refractivity contribution in [1.29, 1.82) is 0 Å². The molecule has 0 radical (unpaired) electrons. The second kappa shape index (κ2) is 11.8. The van der Waals surface area contributed by atoms with Crippen LogP contribution in [0.3, 0.4) is 0 Å². The van der Waals surface area contributed by atoms with Crippen LogP contribution in [0.15, 0.2) is 66.7 Å². The summed E-state index contributed by atoms with van der Waals surface area (Å²) in [6, 6.07) is 18.7. The molecule has 0 saturated carbocycles. The van der Waals surface area contributed by atoms with E-state index in [0.29, 0.717) is 5.69 Å². The van der Waals surface area contributed by atoms with Crippen LogP contribution >= 0.6 is 0 Å². The average molecular weight is 464 g/mol. The Hall–Kier alpha value is -3.94. The van der Waals surface area contributed by atoms with Crippen molar-refractivity contribution < 1.29 is 23.9 Å². The number of benzene rings is 2. The fourth-order valence-electron chi connectivity index (χ4n) is 3.45. The Labute approximate surface area is 198 Å². The predicted molar refractivity (Wildman–Crippen MR) is 128 cm³/mol. The van der Waals surface area contributed by atoms with Crippen LogP contribution in [-0.2, 0) is 32.1 Å². The highest BCUT2D eigenvalue weighted by molar-refractivity contribution is 5.90. The molecule has 8 heteroatoms. The lowest BCUT2D eigenvalue weighted by molar-refractivity contribution is -0.145. The smallest absolute Gasteiger partial charge is 0.408 e. The minimum absolute atomic E-state index is 0.0809. The first-order chi connectivity index (χ1) is 16.4. The third-order valence-electron chi connectivity index (χ3n) is 5.31. The largest absolute Gasteiger partial charge is 0.467 e. The van der Waals surface area contributed by atoms with Crippen LogP contribution in [0.25, 0.3) is 10.9 Å². The van der Waals surface area contributed by atoms with Gasteiger partial charge in [0, 0.05) is 17.5 Å². The van der Waals surface area contributed by atoms with Gasteiger partial charge in [0.05, 0.1) is 12.6 Å². The maximum atomic E-state index is 13.0. The van der Waals surface area contributed by atoms with Crippen molar-refractivity contribution in [2.75, 3.05) is 7.11 Å². The first kappa shape index (κ1) is 24.7. The van der Waals surface area contributed by atoms with E-state index in [1.807, 2.05) is 66.7 Å². The van der Waals surface area contributed by atoms with Crippen molar-refractivity contribution in [1.82, 2.24) is 15.6 Å². The van der Waals surface area contributed by atoms with Crippen molar-refractivity contribution in [3.8, 4) is 0 Å². The van der Waals surface area contributed by atoms with Crippen LogP contribution in [0.1, 0.15) is 25.1 Å². The van der Waals surface area contributed by atoms with E-state index >= 15 is 0 Å². The molecule has 0 aliphatic carbocycles. The van der Waals surface area contributed by atoms with E-state index in [-0.39, 0.29) is 18.9 Å². The fraction of sp³-hybridized carbons (Fsp3) is 0.308. The van der Waals surface area contributed by atoms with E-state index < -0.39 is 30.1 Å². The Balaban J connectivity index is 1.66. The number of nitrogens with one attached hydrogen (secondary N) is 2.